The number of fused-ring (bicyclic) bond motifs is 2. The molecule has 24 nitrogen and oxygen atoms in total. The predicted molar refractivity (Wildman–Crippen MR) is 313 cm³/mol. The minimum Gasteiger partial charge on any atom is -0.491 e. The van der Waals surface area contributed by atoms with Crippen LogP contribution in [0, 0.1) is 5.82 Å². The molecule has 84 heavy (non-hydrogen) atoms. The van der Waals surface area contributed by atoms with Gasteiger partial charge in [0.15, 0.2) is 5.82 Å². The second-order valence-corrected chi connectivity index (χ2v) is 21.9. The van der Waals surface area contributed by atoms with E-state index < -0.39 is 29.4 Å². The lowest BCUT2D eigenvalue weighted by atomic mass is 10.0. The summed E-state index contributed by atoms with van der Waals surface area (Å²) in [6, 6.07) is 10.6. The van der Waals surface area contributed by atoms with Crippen molar-refractivity contribution >= 4 is 97.3 Å². The Hall–Kier alpha value is -5.78. The summed E-state index contributed by atoms with van der Waals surface area (Å²) in [6.45, 7) is 14.5. The Bertz CT molecular complexity index is 2850. The van der Waals surface area contributed by atoms with Crippen molar-refractivity contribution in [2.75, 3.05) is 161 Å². The quantitative estimate of drug-likeness (QED) is 0.0218. The summed E-state index contributed by atoms with van der Waals surface area (Å²) in [4.78, 5) is 76.6. The van der Waals surface area contributed by atoms with E-state index in [2.05, 4.69) is 42.2 Å². The Balaban J connectivity index is 0.618. The van der Waals surface area contributed by atoms with Gasteiger partial charge in [0, 0.05) is 80.0 Å². The molecule has 0 saturated carbocycles. The number of rotatable bonds is 34. The van der Waals surface area contributed by atoms with Crippen LogP contribution in [0.4, 0.5) is 31.4 Å². The second kappa shape index (κ2) is 33.8. The highest BCUT2D eigenvalue weighted by molar-refractivity contribution is 9.10. The average Bonchev–Trinajstić information content (AvgIpc) is 2.54. The van der Waals surface area contributed by atoms with Crippen molar-refractivity contribution < 1.29 is 75.7 Å². The topological polar surface area (TPSA) is 261 Å². The lowest BCUT2D eigenvalue weighted by Gasteiger charge is -2.36. The fourth-order valence-electron chi connectivity index (χ4n) is 8.81. The summed E-state index contributed by atoms with van der Waals surface area (Å²) < 4.78 is 71.5. The molecule has 0 aliphatic carbocycles. The summed E-state index contributed by atoms with van der Waals surface area (Å²) in [6.07, 6.45) is 0.0750. The molecular weight excluding hydrogens is 1210 g/mol. The van der Waals surface area contributed by atoms with Crippen molar-refractivity contribution in [1.29, 1.82) is 0 Å². The van der Waals surface area contributed by atoms with E-state index in [9.17, 15) is 24.0 Å². The van der Waals surface area contributed by atoms with E-state index in [1.807, 2.05) is 31.7 Å². The highest BCUT2D eigenvalue weighted by atomic mass is 79.9. The first-order valence-corrected chi connectivity index (χ1v) is 29.3. The molecule has 460 valence electrons. The van der Waals surface area contributed by atoms with E-state index in [1.54, 1.807) is 41.3 Å². The number of imide groups is 1. The molecule has 0 bridgehead atoms. The Morgan fingerprint density at radius 2 is 1.33 bits per heavy atom. The van der Waals surface area contributed by atoms with Gasteiger partial charge in [-0.3, -0.25) is 19.7 Å². The van der Waals surface area contributed by atoms with Gasteiger partial charge in [-0.25, -0.2) is 19.0 Å². The smallest absolute Gasteiger partial charge is 0.410 e. The van der Waals surface area contributed by atoms with Crippen LogP contribution in [-0.2, 0) is 65.3 Å². The molecule has 4 heterocycles. The van der Waals surface area contributed by atoms with E-state index in [0.29, 0.717) is 172 Å². The van der Waals surface area contributed by atoms with Gasteiger partial charge >= 0.3 is 12.1 Å². The number of carbonyl (C=O) groups excluding carboxylic acids is 5. The molecule has 0 radical (unpaired) electrons. The minimum atomic E-state index is -0.702. The number of halogens is 4. The summed E-state index contributed by atoms with van der Waals surface area (Å²) in [5.74, 6) is -0.488. The molecule has 4 aromatic rings. The van der Waals surface area contributed by atoms with Gasteiger partial charge in [-0.1, -0.05) is 35.3 Å². The van der Waals surface area contributed by atoms with Crippen LogP contribution in [0.2, 0.25) is 10.0 Å². The van der Waals surface area contributed by atoms with Gasteiger partial charge in [-0.2, -0.15) is 4.98 Å². The molecule has 3 aromatic carbocycles. The number of anilines is 3. The Labute approximate surface area is 505 Å². The number of hydrogen-bond donors (Lipinski definition) is 4. The maximum absolute atomic E-state index is 15.4. The van der Waals surface area contributed by atoms with Crippen molar-refractivity contribution in [3.8, 4) is 5.75 Å². The van der Waals surface area contributed by atoms with Crippen LogP contribution >= 0.6 is 39.1 Å². The van der Waals surface area contributed by atoms with Gasteiger partial charge in [0.25, 0.3) is 5.91 Å². The van der Waals surface area contributed by atoms with Crippen LogP contribution in [0.5, 0.6) is 5.75 Å². The summed E-state index contributed by atoms with van der Waals surface area (Å²) in [5, 5.41) is 12.0. The summed E-state index contributed by atoms with van der Waals surface area (Å²) in [5.41, 5.74) is 1.93. The van der Waals surface area contributed by atoms with Crippen molar-refractivity contribution in [3.05, 3.63) is 79.5 Å². The molecular formula is C56H73BrCl2FN9O15. The molecule has 1 atom stereocenters. The third kappa shape index (κ3) is 21.0. The number of carbonyl (C=O) groups is 5. The highest BCUT2D eigenvalue weighted by Gasteiger charge is 2.39. The zero-order valence-electron chi connectivity index (χ0n) is 47.4. The zero-order chi connectivity index (χ0) is 59.8. The minimum absolute atomic E-state index is 0.111. The Morgan fingerprint density at radius 1 is 0.750 bits per heavy atom. The first-order chi connectivity index (χ1) is 40.5. The number of piperidine rings is 1. The van der Waals surface area contributed by atoms with E-state index in [-0.39, 0.29) is 71.4 Å². The SMILES string of the molecule is CC(C)(C)OC(=O)N1CCN(c2nc(NCCOCCOCCOCCOCCOCCOCCOCCOCCOc3cc(Cl)cc(NC(=O)NCc4ccc5c(c4)CN(C4CCC(=O)NC4=O)C5=O)c3)nc3c(F)c(Br)c(Cl)cc23)CC1. The number of urea groups is 1. The van der Waals surface area contributed by atoms with Crippen molar-refractivity contribution in [2.24, 2.45) is 0 Å². The van der Waals surface area contributed by atoms with Gasteiger partial charge in [0.1, 0.15) is 35.3 Å². The van der Waals surface area contributed by atoms with Crippen molar-refractivity contribution in [1.82, 2.24) is 30.4 Å². The summed E-state index contributed by atoms with van der Waals surface area (Å²) in [7, 11) is 0. The number of ether oxygens (including phenoxy) is 10. The maximum atomic E-state index is 15.4. The fourth-order valence-corrected chi connectivity index (χ4v) is 9.53. The lowest BCUT2D eigenvalue weighted by Crippen LogP contribution is -2.52. The van der Waals surface area contributed by atoms with E-state index in [1.165, 1.54) is 4.90 Å². The molecule has 6 amide bonds. The summed E-state index contributed by atoms with van der Waals surface area (Å²) >= 11 is 15.9. The molecule has 2 fully saturated rings. The van der Waals surface area contributed by atoms with E-state index in [4.69, 9.17) is 75.6 Å². The number of piperazine rings is 1. The van der Waals surface area contributed by atoms with Crippen LogP contribution in [0.15, 0.2) is 46.9 Å². The number of nitrogens with one attached hydrogen (secondary N) is 4. The first-order valence-electron chi connectivity index (χ1n) is 27.7. The van der Waals surface area contributed by atoms with Gasteiger partial charge in [0.05, 0.1) is 115 Å². The Morgan fingerprint density at radius 3 is 1.92 bits per heavy atom. The second-order valence-electron chi connectivity index (χ2n) is 20.3. The zero-order valence-corrected chi connectivity index (χ0v) is 50.5. The maximum Gasteiger partial charge on any atom is 0.410 e. The van der Waals surface area contributed by atoms with Crippen LogP contribution in [0.3, 0.4) is 0 Å². The average molecular weight is 1280 g/mol. The van der Waals surface area contributed by atoms with Crippen LogP contribution in [0.25, 0.3) is 10.9 Å². The third-order valence-electron chi connectivity index (χ3n) is 12.8. The highest BCUT2D eigenvalue weighted by Crippen LogP contribution is 2.36. The molecule has 3 aliphatic heterocycles. The Kier molecular flexibility index (Phi) is 26.5. The molecule has 1 unspecified atom stereocenters. The number of nitrogens with zero attached hydrogens (tertiary/aromatic N) is 5. The largest absolute Gasteiger partial charge is 0.491 e. The van der Waals surface area contributed by atoms with Gasteiger partial charge < -0.3 is 78.0 Å². The molecule has 0 spiro atoms. The van der Waals surface area contributed by atoms with E-state index >= 15 is 4.39 Å². The van der Waals surface area contributed by atoms with Crippen molar-refractivity contribution in [2.45, 2.75) is 58.3 Å². The van der Waals surface area contributed by atoms with Crippen LogP contribution < -0.4 is 30.9 Å². The molecule has 3 aliphatic rings. The number of amides is 6. The molecule has 7 rings (SSSR count). The van der Waals surface area contributed by atoms with Crippen LogP contribution in [0.1, 0.15) is 55.1 Å². The van der Waals surface area contributed by atoms with Gasteiger partial charge in [-0.15, -0.1) is 0 Å². The molecule has 2 saturated heterocycles. The number of aromatic nitrogens is 2. The van der Waals surface area contributed by atoms with Crippen molar-refractivity contribution in [3.63, 3.8) is 0 Å². The number of hydrogen-bond acceptors (Lipinski definition) is 19. The molecule has 4 N–H and O–H groups in total. The molecule has 1 aromatic heterocycles. The fraction of sp³-hybridized carbons (Fsp3) is 0.554. The standard InChI is InChI=1S/C56H73BrCl2FN9O15/c1-56(2,3)84-55(74)68-11-9-67(10-12-68)50-43-34-44(59)47(57)48(60)49(43)65-53(66-50)61-8-13-75-14-15-76-16-17-77-18-19-78-20-21-79-22-23-80-24-25-81-26-27-82-28-29-83-41-32-39(58)31-40(33-41)63-54(73)62-35-37-4-5-42-38(30-37)36-69(52(42)72)45-6-7-46(70)64-51(45)71/h4-5,30-34,45H,6-29,35-36H2,1-3H3,(H,61,65,66)(H2,62,63,73)(H,64,70,71). The van der Waals surface area contributed by atoms with Gasteiger partial charge in [-0.05, 0) is 78.5 Å². The van der Waals surface area contributed by atoms with E-state index in [0.717, 1.165) is 11.1 Å². The van der Waals surface area contributed by atoms with Crippen LogP contribution in [-0.4, -0.2) is 206 Å². The molecule has 28 heteroatoms. The predicted octanol–water partition coefficient (Wildman–Crippen LogP) is 6.60. The normalized spacial score (nSPS) is 15.4. The van der Waals surface area contributed by atoms with Gasteiger partial charge in [0.2, 0.25) is 17.8 Å². The lowest BCUT2D eigenvalue weighted by molar-refractivity contribution is -0.136. The number of benzene rings is 3. The first kappa shape index (κ1) is 65.8. The monoisotopic (exact) mass is 1280 g/mol. The third-order valence-corrected chi connectivity index (χ3v) is 14.4.